The Hall–Kier alpha value is -1.64. The van der Waals surface area contributed by atoms with Gasteiger partial charge in [0.25, 0.3) is 0 Å². The zero-order chi connectivity index (χ0) is 15.6. The number of aliphatic hydroxyl groups is 1. The van der Waals surface area contributed by atoms with Crippen molar-refractivity contribution >= 4 is 0 Å². The summed E-state index contributed by atoms with van der Waals surface area (Å²) in [6.07, 6.45) is 3.16. The highest BCUT2D eigenvalue weighted by Gasteiger charge is 2.36. The van der Waals surface area contributed by atoms with Crippen molar-refractivity contribution < 1.29 is 5.11 Å². The van der Waals surface area contributed by atoms with Gasteiger partial charge in [-0.25, -0.2) is 0 Å². The maximum Gasteiger partial charge on any atom is 0.0833 e. The summed E-state index contributed by atoms with van der Waals surface area (Å²) in [5.41, 5.74) is 3.98. The molecule has 0 amide bonds. The predicted molar refractivity (Wildman–Crippen MR) is 93.5 cm³/mol. The van der Waals surface area contributed by atoms with Crippen molar-refractivity contribution in [2.75, 3.05) is 19.6 Å². The van der Waals surface area contributed by atoms with Crippen molar-refractivity contribution in [3.63, 3.8) is 0 Å². The maximum atomic E-state index is 10.8. The second kappa shape index (κ2) is 6.46. The van der Waals surface area contributed by atoms with Crippen LogP contribution in [0.25, 0.3) is 0 Å². The largest absolute Gasteiger partial charge is 0.388 e. The van der Waals surface area contributed by atoms with Gasteiger partial charge < -0.3 is 10.0 Å². The van der Waals surface area contributed by atoms with E-state index in [0.717, 1.165) is 32.5 Å². The van der Waals surface area contributed by atoms with Gasteiger partial charge in [-0.15, -0.1) is 0 Å². The van der Waals surface area contributed by atoms with Gasteiger partial charge in [-0.3, -0.25) is 0 Å². The molecule has 1 aliphatic heterocycles. The van der Waals surface area contributed by atoms with E-state index in [4.69, 9.17) is 0 Å². The lowest BCUT2D eigenvalue weighted by Crippen LogP contribution is -2.33. The Morgan fingerprint density at radius 2 is 1.70 bits per heavy atom. The third-order valence-electron chi connectivity index (χ3n) is 5.63. The fourth-order valence-electron chi connectivity index (χ4n) is 4.37. The van der Waals surface area contributed by atoms with Gasteiger partial charge >= 0.3 is 0 Å². The van der Waals surface area contributed by atoms with Gasteiger partial charge in [0, 0.05) is 19.0 Å². The molecule has 1 saturated heterocycles. The number of hydrogen-bond acceptors (Lipinski definition) is 2. The number of benzene rings is 2. The molecule has 2 aromatic rings. The number of nitrogens with zero attached hydrogens (tertiary/aromatic N) is 1. The number of aliphatic hydroxyl groups excluding tert-OH is 1. The van der Waals surface area contributed by atoms with E-state index >= 15 is 0 Å². The number of rotatable bonds is 3. The first-order valence-electron chi connectivity index (χ1n) is 8.84. The Morgan fingerprint density at radius 3 is 2.52 bits per heavy atom. The molecule has 2 heteroatoms. The highest BCUT2D eigenvalue weighted by molar-refractivity contribution is 5.35. The Balaban J connectivity index is 1.47. The van der Waals surface area contributed by atoms with Crippen molar-refractivity contribution in [3.8, 4) is 0 Å². The quantitative estimate of drug-likeness (QED) is 0.933. The summed E-state index contributed by atoms with van der Waals surface area (Å²) < 4.78 is 0. The van der Waals surface area contributed by atoms with Crippen molar-refractivity contribution in [3.05, 3.63) is 71.3 Å². The third kappa shape index (κ3) is 3.06. The monoisotopic (exact) mass is 307 g/mol. The summed E-state index contributed by atoms with van der Waals surface area (Å²) in [5.74, 6) is 1.01. The van der Waals surface area contributed by atoms with Crippen LogP contribution in [0.2, 0.25) is 0 Å². The van der Waals surface area contributed by atoms with E-state index in [1.54, 1.807) is 0 Å². The van der Waals surface area contributed by atoms with Crippen molar-refractivity contribution in [2.45, 2.75) is 31.3 Å². The van der Waals surface area contributed by atoms with Crippen molar-refractivity contribution in [1.29, 1.82) is 0 Å². The minimum atomic E-state index is -0.292. The predicted octanol–water partition coefficient (Wildman–Crippen LogP) is 3.77. The minimum absolute atomic E-state index is 0.292. The zero-order valence-electron chi connectivity index (χ0n) is 13.6. The van der Waals surface area contributed by atoms with Crippen LogP contribution in [0, 0.1) is 5.92 Å². The van der Waals surface area contributed by atoms with E-state index in [0.29, 0.717) is 11.8 Å². The van der Waals surface area contributed by atoms with Gasteiger partial charge in [-0.2, -0.15) is 0 Å². The summed E-state index contributed by atoms with van der Waals surface area (Å²) in [6.45, 7) is 3.27. The van der Waals surface area contributed by atoms with E-state index in [1.165, 1.54) is 23.1 Å². The Labute approximate surface area is 138 Å². The normalized spacial score (nSPS) is 27.3. The molecular weight excluding hydrogens is 282 g/mol. The molecule has 120 valence electrons. The van der Waals surface area contributed by atoms with Crippen LogP contribution in [0.1, 0.15) is 41.6 Å². The Bertz CT molecular complexity index is 639. The van der Waals surface area contributed by atoms with Gasteiger partial charge in [0.2, 0.25) is 0 Å². The average molecular weight is 307 g/mol. The molecular formula is C21H25NO. The molecule has 3 atom stereocenters. The first kappa shape index (κ1) is 14.9. The molecule has 4 rings (SSSR count). The standard InChI is InChI=1S/C21H25NO/c23-21-18-14-17(19-8-4-5-9-20(19)21)11-13-22(15-18)12-10-16-6-2-1-3-7-16/h1-9,17-18,21,23H,10-15H2. The van der Waals surface area contributed by atoms with Gasteiger partial charge in [0.05, 0.1) is 6.10 Å². The topological polar surface area (TPSA) is 23.5 Å². The first-order chi connectivity index (χ1) is 11.3. The van der Waals surface area contributed by atoms with E-state index in [9.17, 15) is 5.11 Å². The molecule has 0 spiro atoms. The van der Waals surface area contributed by atoms with Crippen LogP contribution >= 0.6 is 0 Å². The Kier molecular flexibility index (Phi) is 4.19. The zero-order valence-corrected chi connectivity index (χ0v) is 13.6. The molecule has 1 aliphatic carbocycles. The molecule has 1 N–H and O–H groups in total. The van der Waals surface area contributed by atoms with Gasteiger partial charge in [0.1, 0.15) is 0 Å². The summed E-state index contributed by atoms with van der Waals surface area (Å²) >= 11 is 0. The molecule has 23 heavy (non-hydrogen) atoms. The summed E-state index contributed by atoms with van der Waals surface area (Å²) in [4.78, 5) is 2.56. The van der Waals surface area contributed by atoms with Crippen molar-refractivity contribution in [2.24, 2.45) is 5.92 Å². The lowest BCUT2D eigenvalue weighted by atomic mass is 9.75. The second-order valence-electron chi connectivity index (χ2n) is 7.09. The van der Waals surface area contributed by atoms with Crippen LogP contribution < -0.4 is 0 Å². The molecule has 3 unspecified atom stereocenters. The van der Waals surface area contributed by atoms with E-state index < -0.39 is 0 Å². The summed E-state index contributed by atoms with van der Waals surface area (Å²) in [7, 11) is 0. The van der Waals surface area contributed by atoms with Crippen LogP contribution in [-0.2, 0) is 6.42 Å². The maximum absolute atomic E-state index is 10.8. The average Bonchev–Trinajstić information content (AvgIpc) is 2.80. The van der Waals surface area contributed by atoms with Crippen LogP contribution in [0.3, 0.4) is 0 Å². The highest BCUT2D eigenvalue weighted by atomic mass is 16.3. The molecule has 0 saturated carbocycles. The van der Waals surface area contributed by atoms with E-state index in [-0.39, 0.29) is 6.10 Å². The van der Waals surface area contributed by atoms with Crippen LogP contribution in [-0.4, -0.2) is 29.6 Å². The van der Waals surface area contributed by atoms with Crippen LogP contribution in [0.5, 0.6) is 0 Å². The molecule has 1 heterocycles. The highest BCUT2D eigenvalue weighted by Crippen LogP contribution is 2.44. The lowest BCUT2D eigenvalue weighted by Gasteiger charge is -2.34. The SMILES string of the molecule is OC1c2ccccc2C2CCN(CCc3ccccc3)CC1C2. The molecule has 2 aromatic carbocycles. The fourth-order valence-corrected chi connectivity index (χ4v) is 4.37. The first-order valence-corrected chi connectivity index (χ1v) is 8.84. The molecule has 0 radical (unpaired) electrons. The van der Waals surface area contributed by atoms with Crippen molar-refractivity contribution in [1.82, 2.24) is 4.90 Å². The molecule has 2 nitrogen and oxygen atoms in total. The minimum Gasteiger partial charge on any atom is -0.388 e. The number of fused-ring (bicyclic) bond motifs is 4. The van der Waals surface area contributed by atoms with E-state index in [1.807, 2.05) is 0 Å². The molecule has 2 aliphatic rings. The summed E-state index contributed by atoms with van der Waals surface area (Å²) in [6, 6.07) is 19.2. The Morgan fingerprint density at radius 1 is 0.957 bits per heavy atom. The van der Waals surface area contributed by atoms with Gasteiger partial charge in [0.15, 0.2) is 0 Å². The molecule has 2 bridgehead atoms. The second-order valence-corrected chi connectivity index (χ2v) is 7.09. The molecule has 1 fully saturated rings. The molecule has 0 aromatic heterocycles. The number of hydrogen-bond donors (Lipinski definition) is 1. The van der Waals surface area contributed by atoms with Gasteiger partial charge in [-0.05, 0) is 48.4 Å². The smallest absolute Gasteiger partial charge is 0.0833 e. The lowest BCUT2D eigenvalue weighted by molar-refractivity contribution is 0.0731. The fraction of sp³-hybridized carbons (Fsp3) is 0.429. The number of likely N-dealkylation sites (tertiary alicyclic amines) is 1. The van der Waals surface area contributed by atoms with Crippen LogP contribution in [0.4, 0.5) is 0 Å². The van der Waals surface area contributed by atoms with Gasteiger partial charge in [-0.1, -0.05) is 54.6 Å². The third-order valence-corrected chi connectivity index (χ3v) is 5.63. The van der Waals surface area contributed by atoms with E-state index in [2.05, 4.69) is 59.5 Å². The van der Waals surface area contributed by atoms with Crippen LogP contribution in [0.15, 0.2) is 54.6 Å². The summed E-state index contributed by atoms with van der Waals surface area (Å²) in [5, 5.41) is 10.8.